The van der Waals surface area contributed by atoms with E-state index in [4.69, 9.17) is 0 Å². The summed E-state index contributed by atoms with van der Waals surface area (Å²) in [5, 5.41) is 4.99. The van der Waals surface area contributed by atoms with Crippen molar-refractivity contribution >= 4 is 15.9 Å². The number of hydrogen-bond acceptors (Lipinski definition) is 3. The van der Waals surface area contributed by atoms with E-state index in [9.17, 15) is 4.79 Å². The lowest BCUT2D eigenvalue weighted by Gasteiger charge is -2.04. The number of aryl methyl sites for hydroxylation is 1. The van der Waals surface area contributed by atoms with Crippen molar-refractivity contribution in [3.05, 3.63) is 47.0 Å². The average molecular weight is 280 g/mol. The Balaban J connectivity index is 2.44. The molecule has 2 aromatic heterocycles. The molecule has 4 nitrogen and oxygen atoms in total. The average Bonchev–Trinajstić information content (AvgIpc) is 2.33. The molecule has 0 saturated carbocycles. The van der Waals surface area contributed by atoms with Crippen LogP contribution in [-0.2, 0) is 6.54 Å². The molecule has 0 atom stereocenters. The molecule has 0 aromatic carbocycles. The second-order valence-electron chi connectivity index (χ2n) is 3.20. The van der Waals surface area contributed by atoms with Gasteiger partial charge in [-0.1, -0.05) is 15.9 Å². The maximum absolute atomic E-state index is 11.5. The first-order valence-corrected chi connectivity index (χ1v) is 5.98. The molecule has 5 heteroatoms. The van der Waals surface area contributed by atoms with Gasteiger partial charge in [0.05, 0.1) is 12.2 Å². The lowest BCUT2D eigenvalue weighted by Crippen LogP contribution is -2.22. The molecule has 0 bridgehead atoms. The van der Waals surface area contributed by atoms with Gasteiger partial charge in [-0.05, 0) is 18.2 Å². The Morgan fingerprint density at radius 1 is 1.19 bits per heavy atom. The second-order valence-corrected chi connectivity index (χ2v) is 4.00. The summed E-state index contributed by atoms with van der Waals surface area (Å²) < 4.78 is 1.45. The zero-order chi connectivity index (χ0) is 11.4. The minimum Gasteiger partial charge on any atom is -0.268 e. The third-order valence-corrected chi connectivity index (χ3v) is 2.49. The SMILES string of the molecule is O=c1ccc(-c2ccncc2)nn1CCBr. The maximum Gasteiger partial charge on any atom is 0.266 e. The molecule has 0 N–H and O–H groups in total. The quantitative estimate of drug-likeness (QED) is 0.804. The second kappa shape index (κ2) is 5.03. The highest BCUT2D eigenvalue weighted by Crippen LogP contribution is 2.12. The summed E-state index contributed by atoms with van der Waals surface area (Å²) >= 11 is 3.29. The lowest BCUT2D eigenvalue weighted by molar-refractivity contribution is 0.627. The van der Waals surface area contributed by atoms with Gasteiger partial charge in [0.25, 0.3) is 5.56 Å². The molecule has 16 heavy (non-hydrogen) atoms. The van der Waals surface area contributed by atoms with Crippen LogP contribution in [0.25, 0.3) is 11.3 Å². The maximum atomic E-state index is 11.5. The number of hydrogen-bond donors (Lipinski definition) is 0. The topological polar surface area (TPSA) is 47.8 Å². The monoisotopic (exact) mass is 279 g/mol. The first-order valence-electron chi connectivity index (χ1n) is 4.86. The Kier molecular flexibility index (Phi) is 3.46. The van der Waals surface area contributed by atoms with Crippen molar-refractivity contribution in [2.24, 2.45) is 0 Å². The molecule has 2 heterocycles. The van der Waals surface area contributed by atoms with Crippen LogP contribution in [0.5, 0.6) is 0 Å². The van der Waals surface area contributed by atoms with Crippen LogP contribution in [0.2, 0.25) is 0 Å². The Morgan fingerprint density at radius 3 is 2.62 bits per heavy atom. The Hall–Kier alpha value is -1.49. The van der Waals surface area contributed by atoms with Crippen molar-refractivity contribution in [1.82, 2.24) is 14.8 Å². The van der Waals surface area contributed by atoms with Crippen LogP contribution in [0.1, 0.15) is 0 Å². The van der Waals surface area contributed by atoms with Crippen LogP contribution in [0, 0.1) is 0 Å². The first-order chi connectivity index (χ1) is 7.81. The summed E-state index contributed by atoms with van der Waals surface area (Å²) in [7, 11) is 0. The van der Waals surface area contributed by atoms with Crippen LogP contribution in [0.15, 0.2) is 41.5 Å². The van der Waals surface area contributed by atoms with Crippen LogP contribution in [0.3, 0.4) is 0 Å². The van der Waals surface area contributed by atoms with Crippen molar-refractivity contribution in [3.8, 4) is 11.3 Å². The molecule has 0 radical (unpaired) electrons. The van der Waals surface area contributed by atoms with E-state index in [1.54, 1.807) is 18.5 Å². The lowest BCUT2D eigenvalue weighted by atomic mass is 10.2. The molecule has 0 unspecified atom stereocenters. The predicted molar refractivity (Wildman–Crippen MR) is 65.5 cm³/mol. The molecule has 2 aromatic rings. The molecule has 0 aliphatic rings. The standard InChI is InChI=1S/C11H10BrN3O/c12-5-8-15-11(16)2-1-10(14-15)9-3-6-13-7-4-9/h1-4,6-7H,5,8H2. The summed E-state index contributed by atoms with van der Waals surface area (Å²) in [6.07, 6.45) is 3.41. The van der Waals surface area contributed by atoms with Gasteiger partial charge in [-0.15, -0.1) is 0 Å². The number of rotatable bonds is 3. The van der Waals surface area contributed by atoms with E-state index in [1.807, 2.05) is 12.1 Å². The Morgan fingerprint density at radius 2 is 1.94 bits per heavy atom. The molecule has 0 fully saturated rings. The zero-order valence-electron chi connectivity index (χ0n) is 8.51. The summed E-state index contributed by atoms with van der Waals surface area (Å²) in [6.45, 7) is 0.567. The van der Waals surface area contributed by atoms with Gasteiger partial charge in [0.2, 0.25) is 0 Å². The molecule has 0 amide bonds. The fourth-order valence-electron chi connectivity index (χ4n) is 1.37. The fraction of sp³-hybridized carbons (Fsp3) is 0.182. The van der Waals surface area contributed by atoms with E-state index in [0.717, 1.165) is 11.3 Å². The van der Waals surface area contributed by atoms with Crippen LogP contribution in [-0.4, -0.2) is 20.1 Å². The third kappa shape index (κ3) is 2.36. The molecular weight excluding hydrogens is 270 g/mol. The van der Waals surface area contributed by atoms with E-state index < -0.39 is 0 Å². The third-order valence-electron chi connectivity index (χ3n) is 2.14. The van der Waals surface area contributed by atoms with Gasteiger partial charge in [0.15, 0.2) is 0 Å². The summed E-state index contributed by atoms with van der Waals surface area (Å²) in [5.41, 5.74) is 1.65. The molecular formula is C11H10BrN3O. The normalized spacial score (nSPS) is 10.3. The minimum absolute atomic E-state index is 0.0859. The van der Waals surface area contributed by atoms with Crippen molar-refractivity contribution in [3.63, 3.8) is 0 Å². The molecule has 0 spiro atoms. The molecule has 0 saturated heterocycles. The van der Waals surface area contributed by atoms with Gasteiger partial charge in [0, 0.05) is 29.4 Å². The highest BCUT2D eigenvalue weighted by Gasteiger charge is 2.02. The van der Waals surface area contributed by atoms with Crippen LogP contribution >= 0.6 is 15.9 Å². The van der Waals surface area contributed by atoms with E-state index in [2.05, 4.69) is 26.0 Å². The summed E-state index contributed by atoms with van der Waals surface area (Å²) in [5.74, 6) is 0. The fourth-order valence-corrected chi connectivity index (χ4v) is 1.70. The van der Waals surface area contributed by atoms with Gasteiger partial charge in [-0.2, -0.15) is 5.10 Å². The van der Waals surface area contributed by atoms with Gasteiger partial charge in [-0.25, -0.2) is 4.68 Å². The summed E-state index contributed by atoms with van der Waals surface area (Å²) in [6, 6.07) is 6.99. The van der Waals surface area contributed by atoms with Crippen LogP contribution in [0.4, 0.5) is 0 Å². The van der Waals surface area contributed by atoms with Crippen LogP contribution < -0.4 is 5.56 Å². The van der Waals surface area contributed by atoms with Gasteiger partial charge in [0.1, 0.15) is 0 Å². The minimum atomic E-state index is -0.0859. The Labute approximate surface area is 101 Å². The van der Waals surface area contributed by atoms with Crippen molar-refractivity contribution in [2.75, 3.05) is 5.33 Å². The number of pyridine rings is 1. The van der Waals surface area contributed by atoms with Crippen molar-refractivity contribution in [1.29, 1.82) is 0 Å². The van der Waals surface area contributed by atoms with E-state index in [0.29, 0.717) is 11.9 Å². The number of aromatic nitrogens is 3. The van der Waals surface area contributed by atoms with Crippen molar-refractivity contribution in [2.45, 2.75) is 6.54 Å². The van der Waals surface area contributed by atoms with Gasteiger partial charge >= 0.3 is 0 Å². The first kappa shape index (κ1) is 11.0. The van der Waals surface area contributed by atoms with E-state index in [1.165, 1.54) is 10.7 Å². The molecule has 0 aliphatic carbocycles. The largest absolute Gasteiger partial charge is 0.268 e. The number of alkyl halides is 1. The highest BCUT2D eigenvalue weighted by molar-refractivity contribution is 9.09. The van der Waals surface area contributed by atoms with Gasteiger partial charge in [-0.3, -0.25) is 9.78 Å². The number of nitrogens with zero attached hydrogens (tertiary/aromatic N) is 3. The predicted octanol–water partition coefficient (Wildman–Crippen LogP) is 1.70. The molecule has 0 aliphatic heterocycles. The summed E-state index contributed by atoms with van der Waals surface area (Å²) in [4.78, 5) is 15.4. The van der Waals surface area contributed by atoms with Crippen molar-refractivity contribution < 1.29 is 0 Å². The van der Waals surface area contributed by atoms with E-state index in [-0.39, 0.29) is 5.56 Å². The van der Waals surface area contributed by atoms with E-state index >= 15 is 0 Å². The zero-order valence-corrected chi connectivity index (χ0v) is 10.1. The smallest absolute Gasteiger partial charge is 0.266 e. The highest BCUT2D eigenvalue weighted by atomic mass is 79.9. The molecule has 2 rings (SSSR count). The van der Waals surface area contributed by atoms with Gasteiger partial charge < -0.3 is 0 Å². The molecule has 82 valence electrons. The number of halogens is 1. The Bertz CT molecular complexity index is 524.